The van der Waals surface area contributed by atoms with Crippen LogP contribution in [0.5, 0.6) is 0 Å². The highest BCUT2D eigenvalue weighted by molar-refractivity contribution is 5.98. The van der Waals surface area contributed by atoms with Gasteiger partial charge in [-0.3, -0.25) is 19.7 Å². The number of ether oxygens (including phenoxy) is 1. The van der Waals surface area contributed by atoms with Crippen LogP contribution in [0.2, 0.25) is 0 Å². The summed E-state index contributed by atoms with van der Waals surface area (Å²) in [6, 6.07) is 3.67. The van der Waals surface area contributed by atoms with Gasteiger partial charge in [-0.2, -0.15) is 0 Å². The van der Waals surface area contributed by atoms with Crippen LogP contribution >= 0.6 is 0 Å². The first-order chi connectivity index (χ1) is 11.2. The Labute approximate surface area is 137 Å². The Hall–Kier alpha value is -2.97. The molecule has 8 nitrogen and oxygen atoms in total. The number of primary amides is 1. The zero-order valence-corrected chi connectivity index (χ0v) is 13.2. The fourth-order valence-electron chi connectivity index (χ4n) is 1.72. The summed E-state index contributed by atoms with van der Waals surface area (Å²) in [6.07, 6.45) is -1.23. The highest BCUT2D eigenvalue weighted by atomic mass is 19.1. The van der Waals surface area contributed by atoms with Gasteiger partial charge in [0, 0.05) is 5.56 Å². The highest BCUT2D eigenvalue weighted by Crippen LogP contribution is 2.07. The summed E-state index contributed by atoms with van der Waals surface area (Å²) in [5.41, 5.74) is 5.00. The monoisotopic (exact) mass is 339 g/mol. The second kappa shape index (κ2) is 8.61. The molecule has 0 aliphatic heterocycles. The third-order valence-corrected chi connectivity index (χ3v) is 2.87. The van der Waals surface area contributed by atoms with Crippen LogP contribution in [0.3, 0.4) is 0 Å². The van der Waals surface area contributed by atoms with E-state index in [1.807, 2.05) is 5.32 Å². The molecule has 0 unspecified atom stereocenters. The molecule has 0 bridgehead atoms. The van der Waals surface area contributed by atoms with Crippen LogP contribution in [0.15, 0.2) is 24.3 Å². The van der Waals surface area contributed by atoms with Gasteiger partial charge in [-0.25, -0.2) is 9.18 Å². The zero-order valence-electron chi connectivity index (χ0n) is 13.2. The van der Waals surface area contributed by atoms with Crippen molar-refractivity contribution in [1.82, 2.24) is 10.6 Å². The maximum atomic E-state index is 12.8. The van der Waals surface area contributed by atoms with Crippen molar-refractivity contribution in [1.29, 1.82) is 0 Å². The Bertz CT molecular complexity index is 631. The maximum Gasteiger partial charge on any atom is 0.326 e. The van der Waals surface area contributed by atoms with Crippen molar-refractivity contribution in [3.63, 3.8) is 0 Å². The molecule has 0 aromatic heterocycles. The van der Waals surface area contributed by atoms with Crippen LogP contribution < -0.4 is 16.4 Å². The molecule has 0 saturated heterocycles. The number of carbonyl (C=O) groups excluding carboxylic acids is 4. The Balaban J connectivity index is 2.56. The molecule has 130 valence electrons. The van der Waals surface area contributed by atoms with Crippen molar-refractivity contribution in [2.24, 2.45) is 11.7 Å². The smallest absolute Gasteiger partial charge is 0.326 e. The summed E-state index contributed by atoms with van der Waals surface area (Å²) in [5, 5.41) is 4.11. The minimum absolute atomic E-state index is 0.163. The summed E-state index contributed by atoms with van der Waals surface area (Å²) in [4.78, 5) is 45.9. The number of carbonyl (C=O) groups is 4. The van der Waals surface area contributed by atoms with Gasteiger partial charge in [-0.05, 0) is 30.2 Å². The van der Waals surface area contributed by atoms with Gasteiger partial charge in [0.2, 0.25) is 0 Å². The van der Waals surface area contributed by atoms with Gasteiger partial charge >= 0.3 is 12.0 Å². The number of hydrogen-bond acceptors (Lipinski definition) is 5. The van der Waals surface area contributed by atoms with E-state index in [1.165, 1.54) is 12.1 Å². The SMILES string of the molecule is CC(C)[C@H](OC(=O)CNC(=O)c1ccc(F)cc1)C(=O)NC(N)=O. The molecule has 0 aliphatic rings. The van der Waals surface area contributed by atoms with Crippen molar-refractivity contribution in [2.45, 2.75) is 20.0 Å². The molecular formula is C15H18FN3O5. The second-order valence-electron chi connectivity index (χ2n) is 5.20. The van der Waals surface area contributed by atoms with E-state index in [0.717, 1.165) is 12.1 Å². The summed E-state index contributed by atoms with van der Waals surface area (Å²) in [6.45, 7) is 2.72. The van der Waals surface area contributed by atoms with Crippen LogP contribution in [0.4, 0.5) is 9.18 Å². The molecule has 4 N–H and O–H groups in total. The number of amides is 4. The second-order valence-corrected chi connectivity index (χ2v) is 5.20. The molecule has 0 spiro atoms. The van der Waals surface area contributed by atoms with E-state index in [4.69, 9.17) is 10.5 Å². The largest absolute Gasteiger partial charge is 0.451 e. The first kappa shape index (κ1) is 19.1. The predicted octanol–water partition coefficient (Wildman–Crippen LogP) is 0.318. The summed E-state index contributed by atoms with van der Waals surface area (Å²) in [5.74, 6) is -3.23. The molecule has 0 saturated carbocycles. The van der Waals surface area contributed by atoms with Crippen LogP contribution in [0, 0.1) is 11.7 Å². The van der Waals surface area contributed by atoms with Crippen LogP contribution in [-0.2, 0) is 14.3 Å². The van der Waals surface area contributed by atoms with Crippen LogP contribution in [-0.4, -0.2) is 36.5 Å². The summed E-state index contributed by atoms with van der Waals surface area (Å²) in [7, 11) is 0. The standard InChI is InChI=1S/C15H18FN3O5/c1-8(2)12(14(22)19-15(17)23)24-11(20)7-18-13(21)9-3-5-10(16)6-4-9/h3-6,8,12H,7H2,1-2H3,(H,18,21)(H3,17,19,22,23)/t12-/m0/s1. The highest BCUT2D eigenvalue weighted by Gasteiger charge is 2.27. The van der Waals surface area contributed by atoms with E-state index < -0.39 is 48.2 Å². The van der Waals surface area contributed by atoms with Crippen molar-refractivity contribution >= 4 is 23.8 Å². The van der Waals surface area contributed by atoms with E-state index in [-0.39, 0.29) is 5.56 Å². The Kier molecular flexibility index (Phi) is 6.84. The third kappa shape index (κ3) is 6.03. The van der Waals surface area contributed by atoms with Crippen molar-refractivity contribution in [2.75, 3.05) is 6.54 Å². The maximum absolute atomic E-state index is 12.8. The lowest BCUT2D eigenvalue weighted by Gasteiger charge is -2.19. The average Bonchev–Trinajstić information content (AvgIpc) is 2.49. The number of benzene rings is 1. The fourth-order valence-corrected chi connectivity index (χ4v) is 1.72. The molecule has 1 aromatic rings. The average molecular weight is 339 g/mol. The zero-order chi connectivity index (χ0) is 18.3. The van der Waals surface area contributed by atoms with Gasteiger partial charge < -0.3 is 15.8 Å². The predicted molar refractivity (Wildman–Crippen MR) is 81.2 cm³/mol. The number of esters is 1. The van der Waals surface area contributed by atoms with Crippen molar-refractivity contribution in [3.05, 3.63) is 35.6 Å². The number of halogens is 1. The number of nitrogens with two attached hydrogens (primary N) is 1. The first-order valence-corrected chi connectivity index (χ1v) is 7.04. The molecule has 0 aliphatic carbocycles. The fraction of sp³-hybridized carbons (Fsp3) is 0.333. The Morgan fingerprint density at radius 2 is 1.75 bits per heavy atom. The topological polar surface area (TPSA) is 128 Å². The third-order valence-electron chi connectivity index (χ3n) is 2.87. The number of imide groups is 1. The van der Waals surface area contributed by atoms with E-state index in [9.17, 15) is 23.6 Å². The summed E-state index contributed by atoms with van der Waals surface area (Å²) >= 11 is 0. The lowest BCUT2D eigenvalue weighted by molar-refractivity contribution is -0.157. The molecule has 0 heterocycles. The van der Waals surface area contributed by atoms with Crippen molar-refractivity contribution < 1.29 is 28.3 Å². The molecule has 1 aromatic carbocycles. The van der Waals surface area contributed by atoms with Crippen molar-refractivity contribution in [3.8, 4) is 0 Å². The lowest BCUT2D eigenvalue weighted by Crippen LogP contribution is -2.46. The molecule has 4 amide bonds. The van der Waals surface area contributed by atoms with Gasteiger partial charge in [-0.1, -0.05) is 13.8 Å². The van der Waals surface area contributed by atoms with Gasteiger partial charge in [-0.15, -0.1) is 0 Å². The normalized spacial score (nSPS) is 11.5. The molecular weight excluding hydrogens is 321 g/mol. The minimum atomic E-state index is -1.23. The first-order valence-electron chi connectivity index (χ1n) is 7.04. The van der Waals surface area contributed by atoms with Crippen LogP contribution in [0.1, 0.15) is 24.2 Å². The Morgan fingerprint density at radius 3 is 2.25 bits per heavy atom. The number of urea groups is 1. The van der Waals surface area contributed by atoms with Gasteiger partial charge in [0.1, 0.15) is 12.4 Å². The molecule has 24 heavy (non-hydrogen) atoms. The van der Waals surface area contributed by atoms with E-state index >= 15 is 0 Å². The minimum Gasteiger partial charge on any atom is -0.451 e. The van der Waals surface area contributed by atoms with Crippen LogP contribution in [0.25, 0.3) is 0 Å². The molecule has 0 radical (unpaired) electrons. The Morgan fingerprint density at radius 1 is 1.17 bits per heavy atom. The molecule has 0 fully saturated rings. The lowest BCUT2D eigenvalue weighted by atomic mass is 10.1. The molecule has 1 rings (SSSR count). The summed E-state index contributed by atoms with van der Waals surface area (Å²) < 4.78 is 17.7. The van der Waals surface area contributed by atoms with Gasteiger partial charge in [0.05, 0.1) is 0 Å². The van der Waals surface area contributed by atoms with E-state index in [0.29, 0.717) is 0 Å². The quantitative estimate of drug-likeness (QED) is 0.643. The number of hydrogen-bond donors (Lipinski definition) is 3. The number of nitrogens with one attached hydrogen (secondary N) is 2. The van der Waals surface area contributed by atoms with Gasteiger partial charge in [0.15, 0.2) is 6.10 Å². The van der Waals surface area contributed by atoms with E-state index in [1.54, 1.807) is 13.8 Å². The molecule has 1 atom stereocenters. The number of rotatable bonds is 6. The van der Waals surface area contributed by atoms with Gasteiger partial charge in [0.25, 0.3) is 11.8 Å². The molecule has 9 heteroatoms. The van der Waals surface area contributed by atoms with E-state index in [2.05, 4.69) is 5.32 Å².